The Balaban J connectivity index is 0.00000320. The average Bonchev–Trinajstić information content (AvgIpc) is 3.28. The van der Waals surface area contributed by atoms with Crippen LogP contribution in [-0.4, -0.2) is 79.3 Å². The molecule has 7 heteroatoms. The first kappa shape index (κ1) is 25.4. The van der Waals surface area contributed by atoms with Gasteiger partial charge >= 0.3 is 0 Å². The fraction of sp³-hybridized carbons (Fsp3) is 0.696. The molecule has 2 heterocycles. The van der Waals surface area contributed by atoms with Crippen LogP contribution in [0.25, 0.3) is 0 Å². The third kappa shape index (κ3) is 8.32. The van der Waals surface area contributed by atoms with Crippen molar-refractivity contribution in [2.45, 2.75) is 51.2 Å². The molecule has 2 fully saturated rings. The molecule has 3 N–H and O–H groups in total. The summed E-state index contributed by atoms with van der Waals surface area (Å²) < 4.78 is 0. The second-order valence-electron chi connectivity index (χ2n) is 8.24. The van der Waals surface area contributed by atoms with Crippen molar-refractivity contribution in [3.8, 4) is 0 Å². The highest BCUT2D eigenvalue weighted by Gasteiger charge is 2.23. The van der Waals surface area contributed by atoms with Crippen LogP contribution in [0.15, 0.2) is 35.3 Å². The Morgan fingerprint density at radius 3 is 2.47 bits per heavy atom. The smallest absolute Gasteiger partial charge is 0.191 e. The van der Waals surface area contributed by atoms with Crippen molar-refractivity contribution in [3.63, 3.8) is 0 Å². The fourth-order valence-corrected chi connectivity index (χ4v) is 4.33. The molecule has 0 aliphatic carbocycles. The van der Waals surface area contributed by atoms with Gasteiger partial charge in [0, 0.05) is 26.2 Å². The van der Waals surface area contributed by atoms with Crippen molar-refractivity contribution in [2.75, 3.05) is 52.4 Å². The predicted molar refractivity (Wildman–Crippen MR) is 136 cm³/mol. The van der Waals surface area contributed by atoms with Gasteiger partial charge in [-0.15, -0.1) is 24.0 Å². The van der Waals surface area contributed by atoms with Gasteiger partial charge in [0.15, 0.2) is 5.96 Å². The Kier molecular flexibility index (Phi) is 12.0. The molecule has 2 aliphatic rings. The number of benzene rings is 1. The van der Waals surface area contributed by atoms with Crippen LogP contribution in [0.1, 0.15) is 50.6 Å². The number of aliphatic imine (C=N–C) groups is 1. The number of piperidine rings is 1. The van der Waals surface area contributed by atoms with E-state index in [1.54, 1.807) is 0 Å². The third-order valence-corrected chi connectivity index (χ3v) is 6.03. The minimum absolute atomic E-state index is 0. The number of rotatable bonds is 9. The van der Waals surface area contributed by atoms with E-state index >= 15 is 0 Å². The average molecular weight is 530 g/mol. The summed E-state index contributed by atoms with van der Waals surface area (Å²) in [5, 5.41) is 16.5. The summed E-state index contributed by atoms with van der Waals surface area (Å²) >= 11 is 0. The van der Waals surface area contributed by atoms with Gasteiger partial charge in [0.2, 0.25) is 0 Å². The third-order valence-electron chi connectivity index (χ3n) is 6.03. The Bertz CT molecular complexity index is 601. The topological polar surface area (TPSA) is 63.1 Å². The monoisotopic (exact) mass is 529 g/mol. The first-order valence-corrected chi connectivity index (χ1v) is 11.5. The Hall–Kier alpha value is -0.900. The van der Waals surface area contributed by atoms with Crippen molar-refractivity contribution in [3.05, 3.63) is 35.9 Å². The van der Waals surface area contributed by atoms with Crippen LogP contribution < -0.4 is 10.6 Å². The van der Waals surface area contributed by atoms with Crippen LogP contribution in [0.4, 0.5) is 0 Å². The lowest BCUT2D eigenvalue weighted by molar-refractivity contribution is 0.0823. The lowest BCUT2D eigenvalue weighted by Crippen LogP contribution is -2.41. The molecule has 1 aromatic carbocycles. The van der Waals surface area contributed by atoms with Crippen molar-refractivity contribution >= 4 is 29.9 Å². The molecule has 0 radical (unpaired) electrons. The molecule has 1 unspecified atom stereocenters. The molecule has 2 saturated heterocycles. The number of aliphatic hydroxyl groups excluding tert-OH is 1. The highest BCUT2D eigenvalue weighted by Crippen LogP contribution is 2.25. The van der Waals surface area contributed by atoms with E-state index in [-0.39, 0.29) is 30.1 Å². The zero-order valence-corrected chi connectivity index (χ0v) is 20.8. The molecule has 0 spiro atoms. The van der Waals surface area contributed by atoms with Crippen molar-refractivity contribution in [1.82, 2.24) is 20.4 Å². The van der Waals surface area contributed by atoms with E-state index in [2.05, 4.69) is 57.7 Å². The van der Waals surface area contributed by atoms with Gasteiger partial charge in [-0.05, 0) is 64.2 Å². The van der Waals surface area contributed by atoms with Crippen LogP contribution in [-0.2, 0) is 0 Å². The Labute approximate surface area is 199 Å². The van der Waals surface area contributed by atoms with Gasteiger partial charge in [0.05, 0.1) is 18.7 Å². The van der Waals surface area contributed by atoms with E-state index in [9.17, 15) is 5.11 Å². The quantitative estimate of drug-likeness (QED) is 0.199. The largest absolute Gasteiger partial charge is 0.393 e. The van der Waals surface area contributed by atoms with Gasteiger partial charge in [-0.1, -0.05) is 30.3 Å². The summed E-state index contributed by atoms with van der Waals surface area (Å²) in [6.07, 6.45) is 5.40. The standard InChI is InChI=1S/C23H39N5O.HI/c1-2-24-23(25-13-8-14-27-17-11-21(29)12-18-27)26-19-22(28-15-6-7-16-28)20-9-4-3-5-10-20;/h3-5,9-10,21-22,29H,2,6-8,11-19H2,1H3,(H2,24,25,26);1H. The maximum absolute atomic E-state index is 9.63. The Morgan fingerprint density at radius 1 is 1.10 bits per heavy atom. The molecule has 3 rings (SSSR count). The molecule has 1 atom stereocenters. The van der Waals surface area contributed by atoms with Crippen LogP contribution in [0, 0.1) is 0 Å². The number of hydrogen-bond donors (Lipinski definition) is 3. The van der Waals surface area contributed by atoms with Crippen LogP contribution in [0.3, 0.4) is 0 Å². The first-order chi connectivity index (χ1) is 14.3. The molecule has 0 aromatic heterocycles. The predicted octanol–water partition coefficient (Wildman–Crippen LogP) is 2.84. The van der Waals surface area contributed by atoms with Gasteiger partial charge in [0.1, 0.15) is 0 Å². The van der Waals surface area contributed by atoms with E-state index in [4.69, 9.17) is 4.99 Å². The van der Waals surface area contributed by atoms with Gasteiger partial charge in [0.25, 0.3) is 0 Å². The first-order valence-electron chi connectivity index (χ1n) is 11.5. The number of guanidine groups is 1. The Morgan fingerprint density at radius 2 is 1.80 bits per heavy atom. The van der Waals surface area contributed by atoms with E-state index in [1.165, 1.54) is 31.5 Å². The normalized spacial score (nSPS) is 20.0. The minimum Gasteiger partial charge on any atom is -0.393 e. The van der Waals surface area contributed by atoms with Gasteiger partial charge in [-0.25, -0.2) is 0 Å². The second-order valence-corrected chi connectivity index (χ2v) is 8.24. The van der Waals surface area contributed by atoms with Gasteiger partial charge < -0.3 is 20.6 Å². The summed E-state index contributed by atoms with van der Waals surface area (Å²) in [6, 6.07) is 11.2. The summed E-state index contributed by atoms with van der Waals surface area (Å²) in [5.74, 6) is 0.918. The van der Waals surface area contributed by atoms with Gasteiger partial charge in [-0.3, -0.25) is 9.89 Å². The van der Waals surface area contributed by atoms with E-state index in [1.807, 2.05) is 0 Å². The van der Waals surface area contributed by atoms with Crippen LogP contribution >= 0.6 is 24.0 Å². The summed E-state index contributed by atoms with van der Waals surface area (Å²) in [5.41, 5.74) is 1.36. The SMILES string of the molecule is CCNC(=NCC(c1ccccc1)N1CCCC1)NCCCN1CCC(O)CC1.I. The molecule has 0 saturated carbocycles. The molecular weight excluding hydrogens is 489 g/mol. The van der Waals surface area contributed by atoms with Gasteiger partial charge in [-0.2, -0.15) is 0 Å². The number of likely N-dealkylation sites (tertiary alicyclic amines) is 2. The summed E-state index contributed by atoms with van der Waals surface area (Å²) in [7, 11) is 0. The zero-order chi connectivity index (χ0) is 20.3. The van der Waals surface area contributed by atoms with Crippen LogP contribution in [0.2, 0.25) is 0 Å². The summed E-state index contributed by atoms with van der Waals surface area (Å²) in [6.45, 7) is 10.1. The van der Waals surface area contributed by atoms with Crippen molar-refractivity contribution < 1.29 is 5.11 Å². The lowest BCUT2D eigenvalue weighted by atomic mass is 10.1. The number of hydrogen-bond acceptors (Lipinski definition) is 4. The molecule has 170 valence electrons. The molecule has 0 bridgehead atoms. The summed E-state index contributed by atoms with van der Waals surface area (Å²) in [4.78, 5) is 9.97. The maximum atomic E-state index is 9.63. The van der Waals surface area contributed by atoms with E-state index in [0.29, 0.717) is 6.04 Å². The number of aliphatic hydroxyl groups is 1. The minimum atomic E-state index is -0.0926. The van der Waals surface area contributed by atoms with E-state index < -0.39 is 0 Å². The molecule has 6 nitrogen and oxygen atoms in total. The second kappa shape index (κ2) is 14.2. The molecule has 1 aromatic rings. The zero-order valence-electron chi connectivity index (χ0n) is 18.4. The molecule has 30 heavy (non-hydrogen) atoms. The number of nitrogens with one attached hydrogen (secondary N) is 2. The highest BCUT2D eigenvalue weighted by atomic mass is 127. The van der Waals surface area contributed by atoms with Crippen molar-refractivity contribution in [2.24, 2.45) is 4.99 Å². The van der Waals surface area contributed by atoms with E-state index in [0.717, 1.165) is 64.5 Å². The highest BCUT2D eigenvalue weighted by molar-refractivity contribution is 14.0. The molecule has 2 aliphatic heterocycles. The molecular formula is C23H40IN5O. The van der Waals surface area contributed by atoms with Crippen LogP contribution in [0.5, 0.6) is 0 Å². The molecule has 0 amide bonds. The lowest BCUT2D eigenvalue weighted by Gasteiger charge is -2.29. The fourth-order valence-electron chi connectivity index (χ4n) is 4.33. The number of halogens is 1. The number of nitrogens with zero attached hydrogens (tertiary/aromatic N) is 3. The van der Waals surface area contributed by atoms with Crippen molar-refractivity contribution in [1.29, 1.82) is 0 Å². The maximum Gasteiger partial charge on any atom is 0.191 e.